The molecule has 0 bridgehead atoms. The zero-order valence-electron chi connectivity index (χ0n) is 32.5. The molecule has 0 radical (unpaired) electrons. The molecule has 1 N–H and O–H groups in total. The van der Waals surface area contributed by atoms with Gasteiger partial charge in [0.05, 0.1) is 18.3 Å². The SMILES string of the molecule is CCC[C@H](CC(=O)[C@@H]1CC2CCCCC2N1C(=O)[C@@H](CC(=O)[C@@H](NC(=O)c1cnccn1)C1CCCCC1)C(C)(C)C)C(=O)C(=O)COc1ccccc1. The van der Waals surface area contributed by atoms with Gasteiger partial charge >= 0.3 is 0 Å². The molecule has 2 aliphatic carbocycles. The second-order valence-electron chi connectivity index (χ2n) is 16.7. The smallest absolute Gasteiger partial charge is 0.272 e. The molecular weight excluding hydrogens is 684 g/mol. The normalized spacial score (nSPS) is 22.0. The minimum absolute atomic E-state index is 0.0553. The van der Waals surface area contributed by atoms with E-state index in [1.54, 1.807) is 29.2 Å². The minimum Gasteiger partial charge on any atom is -0.485 e. The molecule has 11 nitrogen and oxygen atoms in total. The van der Waals surface area contributed by atoms with E-state index in [1.807, 2.05) is 33.8 Å². The molecule has 3 fully saturated rings. The quantitative estimate of drug-likeness (QED) is 0.178. The number of ether oxygens (including phenoxy) is 1. The molecule has 0 spiro atoms. The summed E-state index contributed by atoms with van der Waals surface area (Å²) in [6.07, 6.45) is 13.8. The van der Waals surface area contributed by atoms with Gasteiger partial charge in [0.25, 0.3) is 5.91 Å². The van der Waals surface area contributed by atoms with Crippen molar-refractivity contribution in [2.24, 2.45) is 29.1 Å². The van der Waals surface area contributed by atoms with Gasteiger partial charge < -0.3 is 15.0 Å². The number of hydrogen-bond acceptors (Lipinski definition) is 9. The van der Waals surface area contributed by atoms with Gasteiger partial charge in [-0.1, -0.05) is 84.4 Å². The van der Waals surface area contributed by atoms with Gasteiger partial charge in [-0.05, 0) is 67.9 Å². The summed E-state index contributed by atoms with van der Waals surface area (Å²) in [5.74, 6) is -3.37. The summed E-state index contributed by atoms with van der Waals surface area (Å²) < 4.78 is 5.56. The third-order valence-electron chi connectivity index (χ3n) is 11.9. The largest absolute Gasteiger partial charge is 0.485 e. The van der Waals surface area contributed by atoms with Crippen LogP contribution >= 0.6 is 0 Å². The lowest BCUT2D eigenvalue weighted by atomic mass is 9.73. The van der Waals surface area contributed by atoms with Crippen molar-refractivity contribution >= 4 is 34.9 Å². The summed E-state index contributed by atoms with van der Waals surface area (Å²) >= 11 is 0. The molecule has 6 atom stereocenters. The van der Waals surface area contributed by atoms with Crippen LogP contribution in [0.3, 0.4) is 0 Å². The summed E-state index contributed by atoms with van der Waals surface area (Å²) in [7, 11) is 0. The summed E-state index contributed by atoms with van der Waals surface area (Å²) in [5.41, 5.74) is -0.507. The number of ketones is 4. The molecule has 2 amide bonds. The topological polar surface area (TPSA) is 153 Å². The van der Waals surface area contributed by atoms with Crippen molar-refractivity contribution in [2.75, 3.05) is 6.61 Å². The average Bonchev–Trinajstić information content (AvgIpc) is 3.58. The molecule has 292 valence electrons. The molecule has 3 aliphatic rings. The summed E-state index contributed by atoms with van der Waals surface area (Å²) in [6, 6.07) is 7.16. The number of nitrogens with one attached hydrogen (secondary N) is 1. The van der Waals surface area contributed by atoms with Crippen molar-refractivity contribution in [2.45, 2.75) is 136 Å². The third-order valence-corrected chi connectivity index (χ3v) is 11.9. The predicted octanol–water partition coefficient (Wildman–Crippen LogP) is 6.53. The van der Waals surface area contributed by atoms with Gasteiger partial charge in [0.15, 0.2) is 18.2 Å². The Morgan fingerprint density at radius 3 is 2.28 bits per heavy atom. The Kier molecular flexibility index (Phi) is 14.3. The number of aromatic nitrogens is 2. The zero-order chi connectivity index (χ0) is 38.8. The molecule has 1 aliphatic heterocycles. The number of benzene rings is 1. The highest BCUT2D eigenvalue weighted by atomic mass is 16.5. The maximum absolute atomic E-state index is 15.0. The number of fused-ring (bicyclic) bond motifs is 1. The Balaban J connectivity index is 1.36. The van der Waals surface area contributed by atoms with Gasteiger partial charge in [-0.2, -0.15) is 0 Å². The minimum atomic E-state index is -0.803. The highest BCUT2D eigenvalue weighted by Gasteiger charge is 2.51. The van der Waals surface area contributed by atoms with Crippen molar-refractivity contribution in [3.05, 3.63) is 54.6 Å². The van der Waals surface area contributed by atoms with E-state index in [1.165, 1.54) is 18.6 Å². The van der Waals surface area contributed by atoms with E-state index in [2.05, 4.69) is 15.3 Å². The molecular formula is C43H58N4O7. The van der Waals surface area contributed by atoms with Crippen LogP contribution in [0.5, 0.6) is 5.75 Å². The molecule has 1 aromatic carbocycles. The Morgan fingerprint density at radius 2 is 1.61 bits per heavy atom. The van der Waals surface area contributed by atoms with E-state index in [0.717, 1.165) is 57.8 Å². The lowest BCUT2D eigenvalue weighted by Gasteiger charge is -2.40. The zero-order valence-corrected chi connectivity index (χ0v) is 32.5. The Bertz CT molecular complexity index is 1620. The van der Waals surface area contributed by atoms with Gasteiger partial charge in [0, 0.05) is 43.1 Å². The van der Waals surface area contributed by atoms with Crippen LogP contribution in [0.15, 0.2) is 48.9 Å². The van der Waals surface area contributed by atoms with E-state index in [4.69, 9.17) is 4.74 Å². The van der Waals surface area contributed by atoms with E-state index in [9.17, 15) is 28.8 Å². The lowest BCUT2D eigenvalue weighted by Crippen LogP contribution is -2.53. The molecule has 11 heteroatoms. The van der Waals surface area contributed by atoms with Crippen molar-refractivity contribution in [1.82, 2.24) is 20.2 Å². The van der Waals surface area contributed by atoms with Crippen LogP contribution in [0.4, 0.5) is 0 Å². The van der Waals surface area contributed by atoms with Crippen molar-refractivity contribution < 1.29 is 33.5 Å². The Labute approximate surface area is 319 Å². The fraction of sp³-hybridized carbons (Fsp3) is 0.628. The second-order valence-corrected chi connectivity index (χ2v) is 16.7. The van der Waals surface area contributed by atoms with Gasteiger partial charge in [-0.25, -0.2) is 4.98 Å². The standard InChI is InChI=1S/C43H58N4O7/c1-5-14-30(40(51)38(50)27-54-31-18-10-7-11-19-31)24-36(48)35-23-29-17-12-13-20-34(29)47(35)42(53)32(43(2,3)4)25-37(49)39(28-15-8-6-9-16-28)46-41(52)33-26-44-21-22-45-33/h7,10-11,18-19,21-22,26,28-30,32,34-35,39H,5-6,8-9,12-17,20,23-25,27H2,1-4H3,(H,46,52)/t29?,30-,32-,34?,35+,39+/m1/s1. The third kappa shape index (κ3) is 10.3. The summed E-state index contributed by atoms with van der Waals surface area (Å²) in [6.45, 7) is 7.34. The number of carbonyl (C=O) groups is 6. The van der Waals surface area contributed by atoms with Crippen LogP contribution in [0.2, 0.25) is 0 Å². The number of para-hydroxylation sites is 1. The predicted molar refractivity (Wildman–Crippen MR) is 203 cm³/mol. The van der Waals surface area contributed by atoms with Gasteiger partial charge in [-0.3, -0.25) is 33.8 Å². The van der Waals surface area contributed by atoms with E-state index >= 15 is 0 Å². The second kappa shape index (κ2) is 18.8. The van der Waals surface area contributed by atoms with Gasteiger partial charge in [-0.15, -0.1) is 0 Å². The molecule has 1 aromatic heterocycles. The summed E-state index contributed by atoms with van der Waals surface area (Å²) in [4.78, 5) is 93.4. The first kappa shape index (κ1) is 40.9. The molecule has 54 heavy (non-hydrogen) atoms. The Hall–Kier alpha value is -4.28. The molecule has 2 heterocycles. The molecule has 2 saturated carbocycles. The van der Waals surface area contributed by atoms with Crippen LogP contribution in [0.1, 0.15) is 128 Å². The number of nitrogens with zero attached hydrogens (tertiary/aromatic N) is 3. The monoisotopic (exact) mass is 742 g/mol. The van der Waals surface area contributed by atoms with Gasteiger partial charge in [0.2, 0.25) is 17.5 Å². The number of Topliss-reactive ketones (excluding diaryl/α,β-unsaturated/α-hetero) is 4. The molecule has 2 aromatic rings. The van der Waals surface area contributed by atoms with Crippen molar-refractivity contribution in [3.63, 3.8) is 0 Å². The summed E-state index contributed by atoms with van der Waals surface area (Å²) in [5, 5.41) is 2.97. The highest BCUT2D eigenvalue weighted by Crippen LogP contribution is 2.44. The number of rotatable bonds is 17. The van der Waals surface area contributed by atoms with Crippen LogP contribution in [-0.2, 0) is 24.0 Å². The fourth-order valence-corrected chi connectivity index (χ4v) is 8.91. The van der Waals surface area contributed by atoms with E-state index in [0.29, 0.717) is 25.0 Å². The highest BCUT2D eigenvalue weighted by molar-refractivity contribution is 6.38. The molecule has 5 rings (SSSR count). The average molecular weight is 743 g/mol. The maximum atomic E-state index is 15.0. The Morgan fingerprint density at radius 1 is 0.907 bits per heavy atom. The lowest BCUT2D eigenvalue weighted by molar-refractivity contribution is -0.149. The number of likely N-dealkylation sites (tertiary alicyclic amines) is 1. The first-order valence-corrected chi connectivity index (χ1v) is 20.1. The number of amides is 2. The van der Waals surface area contributed by atoms with Crippen molar-refractivity contribution in [1.29, 1.82) is 0 Å². The first-order chi connectivity index (χ1) is 25.9. The van der Waals surface area contributed by atoms with E-state index < -0.39 is 53.4 Å². The van der Waals surface area contributed by atoms with Crippen LogP contribution in [-0.4, -0.2) is 74.5 Å². The van der Waals surface area contributed by atoms with Crippen LogP contribution in [0.25, 0.3) is 0 Å². The fourth-order valence-electron chi connectivity index (χ4n) is 8.91. The number of carbonyl (C=O) groups excluding carboxylic acids is 6. The maximum Gasteiger partial charge on any atom is 0.272 e. The van der Waals surface area contributed by atoms with Crippen molar-refractivity contribution in [3.8, 4) is 5.75 Å². The van der Waals surface area contributed by atoms with Gasteiger partial charge in [0.1, 0.15) is 11.4 Å². The van der Waals surface area contributed by atoms with Crippen LogP contribution in [0, 0.1) is 29.1 Å². The number of hydrogen-bond donors (Lipinski definition) is 1. The van der Waals surface area contributed by atoms with E-state index in [-0.39, 0.29) is 53.9 Å². The first-order valence-electron chi connectivity index (χ1n) is 20.1. The van der Waals surface area contributed by atoms with Crippen LogP contribution < -0.4 is 10.1 Å². The molecule has 2 unspecified atom stereocenters. The molecule has 1 saturated heterocycles.